The summed E-state index contributed by atoms with van der Waals surface area (Å²) in [5.74, 6) is -0.138. The van der Waals surface area contributed by atoms with Crippen molar-refractivity contribution in [1.82, 2.24) is 0 Å². The lowest BCUT2D eigenvalue weighted by atomic mass is 10.3. The Morgan fingerprint density at radius 2 is 2.33 bits per heavy atom. The van der Waals surface area contributed by atoms with Crippen molar-refractivity contribution in [3.05, 3.63) is 6.42 Å². The molecule has 0 aromatic rings. The lowest BCUT2D eigenvalue weighted by Crippen LogP contribution is -2.12. The third kappa shape index (κ3) is 4.01. The van der Waals surface area contributed by atoms with Gasteiger partial charge >= 0.3 is 5.97 Å². The molecule has 0 spiro atoms. The highest BCUT2D eigenvalue weighted by molar-refractivity contribution is 5.69. The van der Waals surface area contributed by atoms with Crippen LogP contribution >= 0.6 is 0 Å². The van der Waals surface area contributed by atoms with Gasteiger partial charge in [-0.05, 0) is 13.3 Å². The Labute approximate surface area is 56.2 Å². The van der Waals surface area contributed by atoms with Crippen molar-refractivity contribution in [1.29, 1.82) is 0 Å². The first-order valence-corrected chi connectivity index (χ1v) is 3.19. The molecule has 9 heavy (non-hydrogen) atoms. The van der Waals surface area contributed by atoms with Crippen LogP contribution in [0, 0.1) is 6.42 Å². The molecule has 2 heteroatoms. The zero-order valence-corrected chi connectivity index (χ0v) is 6.18. The molecule has 0 aromatic heterocycles. The van der Waals surface area contributed by atoms with Crippen LogP contribution in [0.1, 0.15) is 27.2 Å². The van der Waals surface area contributed by atoms with Gasteiger partial charge in [-0.25, -0.2) is 0 Å². The summed E-state index contributed by atoms with van der Waals surface area (Å²) in [5, 5.41) is 0. The van der Waals surface area contributed by atoms with Crippen molar-refractivity contribution >= 4 is 5.97 Å². The molecular formula is C7H13O2. The first-order valence-electron chi connectivity index (χ1n) is 3.19. The first kappa shape index (κ1) is 8.47. The molecule has 0 aliphatic heterocycles. The smallest absolute Gasteiger partial charge is 0.305 e. The predicted octanol–water partition coefficient (Wildman–Crippen LogP) is 1.55. The first-order chi connectivity index (χ1) is 4.20. The van der Waals surface area contributed by atoms with Crippen molar-refractivity contribution in [2.24, 2.45) is 0 Å². The molecule has 1 atom stereocenters. The van der Waals surface area contributed by atoms with Gasteiger partial charge in [-0.1, -0.05) is 13.8 Å². The Balaban J connectivity index is 3.34. The summed E-state index contributed by atoms with van der Waals surface area (Å²) in [6.07, 6.45) is 2.25. The highest BCUT2D eigenvalue weighted by Crippen LogP contribution is 1.96. The molecule has 0 saturated carbocycles. The fourth-order valence-corrected chi connectivity index (χ4v) is 0.359. The topological polar surface area (TPSA) is 26.3 Å². The van der Waals surface area contributed by atoms with Crippen molar-refractivity contribution in [2.45, 2.75) is 33.3 Å². The van der Waals surface area contributed by atoms with E-state index in [1.165, 1.54) is 0 Å². The highest BCUT2D eigenvalue weighted by Gasteiger charge is 2.03. The van der Waals surface area contributed by atoms with Gasteiger partial charge in [0.15, 0.2) is 0 Å². The van der Waals surface area contributed by atoms with Gasteiger partial charge in [-0.15, -0.1) is 0 Å². The minimum absolute atomic E-state index is 0.0440. The van der Waals surface area contributed by atoms with E-state index < -0.39 is 0 Å². The van der Waals surface area contributed by atoms with Gasteiger partial charge in [-0.2, -0.15) is 0 Å². The third-order valence-corrected chi connectivity index (χ3v) is 1.08. The van der Waals surface area contributed by atoms with E-state index in [-0.39, 0.29) is 12.1 Å². The summed E-state index contributed by atoms with van der Waals surface area (Å²) >= 11 is 0. The van der Waals surface area contributed by atoms with Crippen molar-refractivity contribution in [2.75, 3.05) is 0 Å². The minimum Gasteiger partial charge on any atom is -0.462 e. The lowest BCUT2D eigenvalue weighted by Gasteiger charge is -2.08. The van der Waals surface area contributed by atoms with Crippen molar-refractivity contribution < 1.29 is 9.53 Å². The van der Waals surface area contributed by atoms with Crippen LogP contribution in [0.15, 0.2) is 0 Å². The van der Waals surface area contributed by atoms with Crippen LogP contribution in [-0.4, -0.2) is 12.1 Å². The quantitative estimate of drug-likeness (QED) is 0.540. The zero-order chi connectivity index (χ0) is 7.28. The van der Waals surface area contributed by atoms with Gasteiger partial charge in [0.2, 0.25) is 0 Å². The van der Waals surface area contributed by atoms with Gasteiger partial charge in [0.25, 0.3) is 0 Å². The normalized spacial score (nSPS) is 12.8. The molecular weight excluding hydrogens is 116 g/mol. The summed E-state index contributed by atoms with van der Waals surface area (Å²) in [5.41, 5.74) is 0. The maximum Gasteiger partial charge on any atom is 0.305 e. The number of carbonyl (C=O) groups is 1. The SMILES string of the molecule is C[CH][C@@H](C)OC(=O)CC. The Hall–Kier alpha value is -0.530. The maximum absolute atomic E-state index is 10.5. The summed E-state index contributed by atoms with van der Waals surface area (Å²) in [4.78, 5) is 10.5. The standard InChI is InChI=1S/C7H13O2/c1-4-6(3)9-7(8)5-2/h4,6H,5H2,1-3H3/t6-/m1/s1. The zero-order valence-electron chi connectivity index (χ0n) is 6.18. The van der Waals surface area contributed by atoms with Gasteiger partial charge in [0.05, 0.1) is 0 Å². The summed E-state index contributed by atoms with van der Waals surface area (Å²) in [6, 6.07) is 0. The number of rotatable bonds is 3. The van der Waals surface area contributed by atoms with E-state index in [0.717, 1.165) is 0 Å². The van der Waals surface area contributed by atoms with E-state index in [9.17, 15) is 4.79 Å². The highest BCUT2D eigenvalue weighted by atomic mass is 16.5. The summed E-state index contributed by atoms with van der Waals surface area (Å²) in [7, 11) is 0. The molecule has 53 valence electrons. The van der Waals surface area contributed by atoms with Crippen molar-refractivity contribution in [3.63, 3.8) is 0 Å². The van der Waals surface area contributed by atoms with Gasteiger partial charge in [0, 0.05) is 6.42 Å². The molecule has 0 heterocycles. The lowest BCUT2D eigenvalue weighted by molar-refractivity contribution is -0.146. The van der Waals surface area contributed by atoms with E-state index >= 15 is 0 Å². The third-order valence-electron chi connectivity index (χ3n) is 1.08. The number of hydrogen-bond donors (Lipinski definition) is 0. The molecule has 0 bridgehead atoms. The Bertz CT molecular complexity index is 88.9. The Kier molecular flexibility index (Phi) is 4.10. The van der Waals surface area contributed by atoms with Crippen LogP contribution in [-0.2, 0) is 9.53 Å². The van der Waals surface area contributed by atoms with Crippen molar-refractivity contribution in [3.8, 4) is 0 Å². The molecule has 2 nitrogen and oxygen atoms in total. The summed E-state index contributed by atoms with van der Waals surface area (Å²) in [6.45, 7) is 5.49. The van der Waals surface area contributed by atoms with E-state index in [4.69, 9.17) is 4.74 Å². The second-order valence-electron chi connectivity index (χ2n) is 1.88. The largest absolute Gasteiger partial charge is 0.462 e. The molecule has 0 saturated heterocycles. The molecule has 0 N–H and O–H groups in total. The Morgan fingerprint density at radius 1 is 1.78 bits per heavy atom. The van der Waals surface area contributed by atoms with E-state index in [1.54, 1.807) is 6.92 Å². The molecule has 0 rings (SSSR count). The van der Waals surface area contributed by atoms with Gasteiger partial charge in [-0.3, -0.25) is 4.79 Å². The Morgan fingerprint density at radius 3 is 2.67 bits per heavy atom. The molecule has 0 aliphatic rings. The van der Waals surface area contributed by atoms with Crippen LogP contribution < -0.4 is 0 Å². The van der Waals surface area contributed by atoms with Gasteiger partial charge < -0.3 is 4.74 Å². The van der Waals surface area contributed by atoms with E-state index in [1.807, 2.05) is 20.3 Å². The predicted molar refractivity (Wildman–Crippen MR) is 35.8 cm³/mol. The molecule has 0 aliphatic carbocycles. The maximum atomic E-state index is 10.5. The summed E-state index contributed by atoms with van der Waals surface area (Å²) < 4.78 is 4.85. The molecule has 0 unspecified atom stereocenters. The van der Waals surface area contributed by atoms with Crippen LogP contribution in [0.3, 0.4) is 0 Å². The molecule has 1 radical (unpaired) electrons. The average molecular weight is 129 g/mol. The second-order valence-corrected chi connectivity index (χ2v) is 1.88. The molecule has 0 amide bonds. The molecule has 0 aromatic carbocycles. The number of esters is 1. The number of carbonyl (C=O) groups excluding carboxylic acids is 1. The number of ether oxygens (including phenoxy) is 1. The van der Waals surface area contributed by atoms with E-state index in [0.29, 0.717) is 6.42 Å². The molecule has 0 fully saturated rings. The van der Waals surface area contributed by atoms with E-state index in [2.05, 4.69) is 0 Å². The van der Waals surface area contributed by atoms with Gasteiger partial charge in [0.1, 0.15) is 6.10 Å². The van der Waals surface area contributed by atoms with Crippen LogP contribution in [0.25, 0.3) is 0 Å². The monoisotopic (exact) mass is 129 g/mol. The fourth-order valence-electron chi connectivity index (χ4n) is 0.359. The fraction of sp³-hybridized carbons (Fsp3) is 0.714. The second kappa shape index (κ2) is 4.36. The number of hydrogen-bond acceptors (Lipinski definition) is 2. The van der Waals surface area contributed by atoms with Crippen LogP contribution in [0.5, 0.6) is 0 Å². The van der Waals surface area contributed by atoms with Crippen LogP contribution in [0.4, 0.5) is 0 Å². The minimum atomic E-state index is -0.138. The van der Waals surface area contributed by atoms with Crippen LogP contribution in [0.2, 0.25) is 0 Å². The average Bonchev–Trinajstić information content (AvgIpc) is 1.87.